The first-order valence-electron chi connectivity index (χ1n) is 4.67. The highest BCUT2D eigenvalue weighted by Crippen LogP contribution is 2.36. The molecule has 3 N–H and O–H groups in total. The molecule has 0 heterocycles. The van der Waals surface area contributed by atoms with Gasteiger partial charge >= 0.3 is 12.3 Å². The van der Waals surface area contributed by atoms with Crippen molar-refractivity contribution >= 4 is 18.4 Å². The van der Waals surface area contributed by atoms with Gasteiger partial charge in [0.15, 0.2) is 11.5 Å². The summed E-state index contributed by atoms with van der Waals surface area (Å²) in [5, 5.41) is 9.55. The fourth-order valence-electron chi connectivity index (χ4n) is 1.25. The van der Waals surface area contributed by atoms with Crippen molar-refractivity contribution in [1.82, 2.24) is 0 Å². The lowest BCUT2D eigenvalue weighted by Crippen LogP contribution is -2.23. The molecule has 0 amide bonds. The Morgan fingerprint density at radius 1 is 1.42 bits per heavy atom. The average Bonchev–Trinajstić information content (AvgIpc) is 2.28. The molecule has 0 aliphatic rings. The van der Waals surface area contributed by atoms with Crippen molar-refractivity contribution in [2.24, 2.45) is 5.73 Å². The molecule has 0 spiro atoms. The number of para-hydroxylation sites is 1. The molecule has 1 aromatic carbocycles. The summed E-state index contributed by atoms with van der Waals surface area (Å²) >= 11 is 0. The molecule has 0 fully saturated rings. The van der Waals surface area contributed by atoms with E-state index in [1.165, 1.54) is 12.1 Å². The van der Waals surface area contributed by atoms with Gasteiger partial charge in [-0.3, -0.25) is 4.79 Å². The maximum absolute atomic E-state index is 12.0. The SMILES string of the molecule is COC(=O)[C@@H](N)c1cccc(OC(F)(F)F)c1O.Cl. The second-order valence-electron chi connectivity index (χ2n) is 3.24. The van der Waals surface area contributed by atoms with E-state index in [-0.39, 0.29) is 18.0 Å². The van der Waals surface area contributed by atoms with Crippen molar-refractivity contribution in [1.29, 1.82) is 0 Å². The van der Waals surface area contributed by atoms with Crippen LogP contribution < -0.4 is 10.5 Å². The molecule has 0 aromatic heterocycles. The zero-order valence-electron chi connectivity index (χ0n) is 9.60. The number of carbonyl (C=O) groups is 1. The normalized spacial score (nSPS) is 12.3. The quantitative estimate of drug-likeness (QED) is 0.833. The van der Waals surface area contributed by atoms with Gasteiger partial charge in [-0.2, -0.15) is 0 Å². The molecule has 0 radical (unpaired) electrons. The monoisotopic (exact) mass is 301 g/mol. The molecule has 108 valence electrons. The van der Waals surface area contributed by atoms with Crippen LogP contribution in [0.4, 0.5) is 13.2 Å². The highest BCUT2D eigenvalue weighted by molar-refractivity contribution is 5.85. The van der Waals surface area contributed by atoms with Crippen molar-refractivity contribution in [2.45, 2.75) is 12.4 Å². The van der Waals surface area contributed by atoms with Crippen molar-refractivity contribution in [3.8, 4) is 11.5 Å². The molecule has 0 aliphatic heterocycles. The summed E-state index contributed by atoms with van der Waals surface area (Å²) < 4.78 is 44.0. The summed E-state index contributed by atoms with van der Waals surface area (Å²) in [6.07, 6.45) is -4.95. The van der Waals surface area contributed by atoms with Crippen LogP contribution in [-0.4, -0.2) is 24.5 Å². The number of aromatic hydroxyl groups is 1. The second kappa shape index (κ2) is 6.48. The van der Waals surface area contributed by atoms with Gasteiger partial charge in [-0.15, -0.1) is 25.6 Å². The predicted molar refractivity (Wildman–Crippen MR) is 61.0 cm³/mol. The third-order valence-electron chi connectivity index (χ3n) is 2.05. The zero-order chi connectivity index (χ0) is 13.9. The molecular formula is C10H11ClF3NO4. The molecule has 0 unspecified atom stereocenters. The summed E-state index contributed by atoms with van der Waals surface area (Å²) in [6, 6.07) is 1.86. The van der Waals surface area contributed by atoms with Crippen LogP contribution in [-0.2, 0) is 9.53 Å². The number of methoxy groups -OCH3 is 1. The Bertz CT molecular complexity index is 453. The van der Waals surface area contributed by atoms with Gasteiger partial charge in [0.05, 0.1) is 7.11 Å². The van der Waals surface area contributed by atoms with Gasteiger partial charge in [0, 0.05) is 5.56 Å². The third-order valence-corrected chi connectivity index (χ3v) is 2.05. The highest BCUT2D eigenvalue weighted by atomic mass is 35.5. The lowest BCUT2D eigenvalue weighted by atomic mass is 10.1. The first kappa shape index (κ1) is 17.3. The number of benzene rings is 1. The number of carbonyl (C=O) groups excluding carboxylic acids is 1. The Balaban J connectivity index is 0.00000324. The van der Waals surface area contributed by atoms with Gasteiger partial charge in [-0.1, -0.05) is 12.1 Å². The third kappa shape index (κ3) is 4.49. The number of phenols is 1. The zero-order valence-corrected chi connectivity index (χ0v) is 10.4. The van der Waals surface area contributed by atoms with Gasteiger partial charge in [-0.25, -0.2) is 0 Å². The Kier molecular flexibility index (Phi) is 5.91. The van der Waals surface area contributed by atoms with E-state index in [0.717, 1.165) is 13.2 Å². The maximum atomic E-state index is 12.0. The van der Waals surface area contributed by atoms with E-state index < -0.39 is 29.9 Å². The second-order valence-corrected chi connectivity index (χ2v) is 3.24. The predicted octanol–water partition coefficient (Wildman–Crippen LogP) is 1.89. The fraction of sp³-hybridized carbons (Fsp3) is 0.300. The van der Waals surface area contributed by atoms with Gasteiger partial charge < -0.3 is 20.3 Å². The van der Waals surface area contributed by atoms with E-state index in [2.05, 4.69) is 9.47 Å². The van der Waals surface area contributed by atoms with Gasteiger partial charge in [-0.05, 0) is 6.07 Å². The van der Waals surface area contributed by atoms with Crippen LogP contribution in [0.5, 0.6) is 11.5 Å². The van der Waals surface area contributed by atoms with Gasteiger partial charge in [0.1, 0.15) is 6.04 Å². The number of esters is 1. The summed E-state index contributed by atoms with van der Waals surface area (Å²) in [5.74, 6) is -2.58. The number of ether oxygens (including phenoxy) is 2. The molecule has 0 bridgehead atoms. The van der Waals surface area contributed by atoms with Crippen LogP contribution in [0.1, 0.15) is 11.6 Å². The molecule has 1 aromatic rings. The largest absolute Gasteiger partial charge is 0.573 e. The first-order valence-corrected chi connectivity index (χ1v) is 4.67. The van der Waals surface area contributed by atoms with E-state index in [1.54, 1.807) is 0 Å². The molecule has 9 heteroatoms. The molecule has 1 rings (SSSR count). The number of phenolic OH excluding ortho intramolecular Hbond substituents is 1. The van der Waals surface area contributed by atoms with Crippen LogP contribution in [0.25, 0.3) is 0 Å². The van der Waals surface area contributed by atoms with Crippen molar-refractivity contribution < 1.29 is 32.5 Å². The summed E-state index contributed by atoms with van der Waals surface area (Å²) in [4.78, 5) is 11.1. The van der Waals surface area contributed by atoms with Crippen LogP contribution in [0, 0.1) is 0 Å². The Labute approximate surface area is 112 Å². The molecule has 0 saturated carbocycles. The van der Waals surface area contributed by atoms with Crippen LogP contribution in [0.3, 0.4) is 0 Å². The lowest BCUT2D eigenvalue weighted by molar-refractivity contribution is -0.275. The number of nitrogens with two attached hydrogens (primary N) is 1. The maximum Gasteiger partial charge on any atom is 0.573 e. The molecule has 0 saturated heterocycles. The topological polar surface area (TPSA) is 81.8 Å². The Hall–Kier alpha value is -1.67. The van der Waals surface area contributed by atoms with Crippen molar-refractivity contribution in [2.75, 3.05) is 7.11 Å². The van der Waals surface area contributed by atoms with E-state index in [9.17, 15) is 23.1 Å². The molecule has 5 nitrogen and oxygen atoms in total. The fourth-order valence-corrected chi connectivity index (χ4v) is 1.25. The summed E-state index contributed by atoms with van der Waals surface area (Å²) in [5.41, 5.74) is 5.19. The van der Waals surface area contributed by atoms with E-state index in [1.807, 2.05) is 0 Å². The van der Waals surface area contributed by atoms with E-state index >= 15 is 0 Å². The van der Waals surface area contributed by atoms with Gasteiger partial charge in [0.25, 0.3) is 0 Å². The van der Waals surface area contributed by atoms with E-state index in [4.69, 9.17) is 5.73 Å². The Morgan fingerprint density at radius 3 is 2.47 bits per heavy atom. The van der Waals surface area contributed by atoms with Crippen LogP contribution >= 0.6 is 12.4 Å². The summed E-state index contributed by atoms with van der Waals surface area (Å²) in [7, 11) is 1.06. The number of alkyl halides is 3. The molecule has 1 atom stereocenters. The molecular weight excluding hydrogens is 291 g/mol. The first-order chi connectivity index (χ1) is 8.26. The van der Waals surface area contributed by atoms with Gasteiger partial charge in [0.2, 0.25) is 0 Å². The smallest absolute Gasteiger partial charge is 0.504 e. The van der Waals surface area contributed by atoms with E-state index in [0.29, 0.717) is 0 Å². The standard InChI is InChI=1S/C10H10F3NO4.ClH/c1-17-9(16)7(14)5-3-2-4-6(8(5)15)18-10(11,12)13;/h2-4,7,15H,14H2,1H3;1H/t7-;/m0./s1. The molecule has 19 heavy (non-hydrogen) atoms. The highest BCUT2D eigenvalue weighted by Gasteiger charge is 2.33. The molecule has 0 aliphatic carbocycles. The number of hydrogen-bond donors (Lipinski definition) is 2. The number of rotatable bonds is 3. The number of halogens is 4. The van der Waals surface area contributed by atoms with Crippen LogP contribution in [0.2, 0.25) is 0 Å². The Morgan fingerprint density at radius 2 is 2.00 bits per heavy atom. The average molecular weight is 302 g/mol. The minimum Gasteiger partial charge on any atom is -0.504 e. The number of hydrogen-bond acceptors (Lipinski definition) is 5. The lowest BCUT2D eigenvalue weighted by Gasteiger charge is -2.15. The van der Waals surface area contributed by atoms with Crippen molar-refractivity contribution in [3.05, 3.63) is 23.8 Å². The summed E-state index contributed by atoms with van der Waals surface area (Å²) in [6.45, 7) is 0. The minimum atomic E-state index is -4.95. The minimum absolute atomic E-state index is 0. The van der Waals surface area contributed by atoms with Crippen LogP contribution in [0.15, 0.2) is 18.2 Å². The van der Waals surface area contributed by atoms with Crippen molar-refractivity contribution in [3.63, 3.8) is 0 Å².